The molecule has 7 rings (SSSR count). The number of hydrazine groups is 1. The molecule has 1 atom stereocenters. The van der Waals surface area contributed by atoms with Crippen LogP contribution in [0, 0.1) is 5.41 Å². The van der Waals surface area contributed by atoms with Crippen molar-refractivity contribution in [1.82, 2.24) is 10.3 Å². The molecule has 2 saturated carbocycles. The van der Waals surface area contributed by atoms with E-state index in [9.17, 15) is 18.4 Å². The van der Waals surface area contributed by atoms with Crippen molar-refractivity contribution >= 4 is 23.2 Å². The lowest BCUT2D eigenvalue weighted by molar-refractivity contribution is -0.119. The van der Waals surface area contributed by atoms with Gasteiger partial charge in [0.2, 0.25) is 5.91 Å². The monoisotopic (exact) mass is 549 g/mol. The van der Waals surface area contributed by atoms with Crippen LogP contribution in [0.4, 0.5) is 20.2 Å². The Labute approximate surface area is 231 Å². The van der Waals surface area contributed by atoms with Crippen molar-refractivity contribution in [2.24, 2.45) is 11.1 Å². The fraction of sp³-hybridized carbons (Fsp3) is 0.467. The number of amides is 2. The molecule has 2 aromatic carbocycles. The second kappa shape index (κ2) is 8.75. The number of hydrogen-bond acceptors (Lipinski definition) is 6. The second-order valence-corrected chi connectivity index (χ2v) is 12.1. The average molecular weight is 550 g/mol. The van der Waals surface area contributed by atoms with Crippen LogP contribution in [-0.4, -0.2) is 62.0 Å². The number of alkyl halides is 2. The van der Waals surface area contributed by atoms with Crippen LogP contribution in [0.1, 0.15) is 37.7 Å². The number of benzene rings is 2. The molecule has 2 aliphatic carbocycles. The van der Waals surface area contributed by atoms with E-state index in [4.69, 9.17) is 10.5 Å². The van der Waals surface area contributed by atoms with Crippen molar-refractivity contribution in [1.29, 1.82) is 0 Å². The summed E-state index contributed by atoms with van der Waals surface area (Å²) in [5.74, 6) is -2.60. The summed E-state index contributed by atoms with van der Waals surface area (Å²) in [7, 11) is 1.59. The standard InChI is InChI=1S/C30H33F2N5O3/c1-40-22-8-6-21(7-9-22)37-25-23(24(34-37)26(33)38)29(12-13-29)17-36(27(25)39)20-4-2-19(3-5-20)28(10-11-28)16-35-15-14-30(31,32)18-35/h2-9,24,34H,10-18H2,1H3,(H2,33,38). The van der Waals surface area contributed by atoms with E-state index < -0.39 is 17.9 Å². The average Bonchev–Trinajstić information content (AvgIpc) is 3.83. The number of primary amides is 1. The molecule has 1 unspecified atom stereocenters. The van der Waals surface area contributed by atoms with Crippen LogP contribution in [0.15, 0.2) is 59.8 Å². The Hall–Kier alpha value is -3.50. The van der Waals surface area contributed by atoms with Crippen LogP contribution in [-0.2, 0) is 15.0 Å². The zero-order valence-corrected chi connectivity index (χ0v) is 22.5. The van der Waals surface area contributed by atoms with Crippen LogP contribution >= 0.6 is 0 Å². The molecule has 1 spiro atoms. The number of nitrogens with one attached hydrogen (secondary N) is 1. The fourth-order valence-electron chi connectivity index (χ4n) is 6.85. The van der Waals surface area contributed by atoms with Gasteiger partial charge in [0.1, 0.15) is 17.5 Å². The molecule has 10 heteroatoms. The summed E-state index contributed by atoms with van der Waals surface area (Å²) >= 11 is 0. The van der Waals surface area contributed by atoms with Crippen LogP contribution in [0.5, 0.6) is 5.75 Å². The van der Waals surface area contributed by atoms with E-state index in [2.05, 4.69) is 5.43 Å². The molecule has 3 aliphatic heterocycles. The predicted octanol–water partition coefficient (Wildman–Crippen LogP) is 3.33. The summed E-state index contributed by atoms with van der Waals surface area (Å²) in [6.07, 6.45) is 3.64. The fourth-order valence-corrected chi connectivity index (χ4v) is 6.85. The minimum atomic E-state index is -2.59. The Morgan fingerprint density at radius 3 is 2.23 bits per heavy atom. The lowest BCUT2D eigenvalue weighted by Gasteiger charge is -2.36. The molecule has 2 aromatic rings. The van der Waals surface area contributed by atoms with Crippen molar-refractivity contribution in [3.63, 3.8) is 0 Å². The minimum absolute atomic E-state index is 0.0717. The number of carbonyl (C=O) groups excluding carboxylic acids is 2. The van der Waals surface area contributed by atoms with Crippen LogP contribution in [0.3, 0.4) is 0 Å². The first-order valence-electron chi connectivity index (χ1n) is 13.9. The molecule has 5 aliphatic rings. The topological polar surface area (TPSA) is 91.1 Å². The molecule has 2 amide bonds. The predicted molar refractivity (Wildman–Crippen MR) is 146 cm³/mol. The number of hydrogen-bond donors (Lipinski definition) is 2. The molecular formula is C30H33F2N5O3. The molecule has 0 radical (unpaired) electrons. The molecule has 0 aromatic heterocycles. The van der Waals surface area contributed by atoms with Gasteiger partial charge in [-0.1, -0.05) is 12.1 Å². The Kier molecular flexibility index (Phi) is 5.57. The molecule has 1 saturated heterocycles. The Balaban J connectivity index is 1.18. The van der Waals surface area contributed by atoms with Gasteiger partial charge in [-0.05, 0) is 73.2 Å². The van der Waals surface area contributed by atoms with Gasteiger partial charge >= 0.3 is 0 Å². The first-order valence-corrected chi connectivity index (χ1v) is 13.9. The van der Waals surface area contributed by atoms with Gasteiger partial charge in [-0.2, -0.15) is 0 Å². The highest BCUT2D eigenvalue weighted by atomic mass is 19.3. The van der Waals surface area contributed by atoms with Gasteiger partial charge in [0.05, 0.1) is 19.3 Å². The Morgan fingerprint density at radius 2 is 1.68 bits per heavy atom. The van der Waals surface area contributed by atoms with E-state index in [1.807, 2.05) is 53.4 Å². The lowest BCUT2D eigenvalue weighted by Crippen LogP contribution is -2.46. The summed E-state index contributed by atoms with van der Waals surface area (Å²) in [5, 5.41) is 1.69. The molecule has 3 fully saturated rings. The highest BCUT2D eigenvalue weighted by Gasteiger charge is 2.60. The smallest absolute Gasteiger partial charge is 0.276 e. The zero-order chi connectivity index (χ0) is 27.9. The Bertz CT molecular complexity index is 1400. The number of fused-ring (bicyclic) bond motifs is 1. The number of rotatable bonds is 7. The van der Waals surface area contributed by atoms with Gasteiger partial charge in [-0.3, -0.25) is 19.5 Å². The van der Waals surface area contributed by atoms with Gasteiger partial charge in [-0.15, -0.1) is 0 Å². The SMILES string of the molecule is COc1ccc(N2NC(C(N)=O)C3=C2C(=O)N(c2ccc(C4(CN5CCC(F)(F)C5)CC4)cc2)CC32CC2)cc1. The lowest BCUT2D eigenvalue weighted by atomic mass is 9.84. The summed E-state index contributed by atoms with van der Waals surface area (Å²) < 4.78 is 32.8. The maximum Gasteiger partial charge on any atom is 0.276 e. The third kappa shape index (κ3) is 4.07. The largest absolute Gasteiger partial charge is 0.497 e. The quantitative estimate of drug-likeness (QED) is 0.551. The maximum absolute atomic E-state index is 14.1. The maximum atomic E-state index is 14.1. The molecule has 0 bridgehead atoms. The van der Waals surface area contributed by atoms with E-state index in [0.29, 0.717) is 36.8 Å². The summed E-state index contributed by atoms with van der Waals surface area (Å²) in [6, 6.07) is 14.6. The van der Waals surface area contributed by atoms with E-state index in [-0.39, 0.29) is 29.7 Å². The number of methoxy groups -OCH3 is 1. The van der Waals surface area contributed by atoms with Gasteiger partial charge < -0.3 is 15.4 Å². The molecule has 3 N–H and O–H groups in total. The third-order valence-electron chi connectivity index (χ3n) is 9.39. The molecule has 40 heavy (non-hydrogen) atoms. The van der Waals surface area contributed by atoms with E-state index in [1.54, 1.807) is 17.0 Å². The third-order valence-corrected chi connectivity index (χ3v) is 9.39. The van der Waals surface area contributed by atoms with Crippen molar-refractivity contribution in [2.75, 3.05) is 43.2 Å². The van der Waals surface area contributed by atoms with Gasteiger partial charge in [0, 0.05) is 42.6 Å². The second-order valence-electron chi connectivity index (χ2n) is 12.1. The van der Waals surface area contributed by atoms with Gasteiger partial charge in [-0.25, -0.2) is 14.2 Å². The summed E-state index contributed by atoms with van der Waals surface area (Å²) in [4.78, 5) is 30.3. The van der Waals surface area contributed by atoms with Gasteiger partial charge in [0.25, 0.3) is 11.8 Å². The van der Waals surface area contributed by atoms with Crippen molar-refractivity contribution < 1.29 is 23.1 Å². The first-order chi connectivity index (χ1) is 19.1. The minimum Gasteiger partial charge on any atom is -0.497 e. The normalized spacial score (nSPS) is 25.9. The number of nitrogens with two attached hydrogens (primary N) is 1. The summed E-state index contributed by atoms with van der Waals surface area (Å²) in [5.41, 5.74) is 12.5. The van der Waals surface area contributed by atoms with Crippen molar-refractivity contribution in [3.05, 3.63) is 65.4 Å². The molecular weight excluding hydrogens is 516 g/mol. The number of likely N-dealkylation sites (tertiary alicyclic amines) is 1. The number of carbonyl (C=O) groups is 2. The highest BCUT2D eigenvalue weighted by molar-refractivity contribution is 6.12. The molecule has 210 valence electrons. The van der Waals surface area contributed by atoms with E-state index in [1.165, 1.54) is 0 Å². The number of ether oxygens (including phenoxy) is 1. The number of halogens is 2. The number of anilines is 2. The van der Waals surface area contributed by atoms with Crippen molar-refractivity contribution in [2.45, 2.75) is 49.5 Å². The highest BCUT2D eigenvalue weighted by Crippen LogP contribution is 2.59. The Morgan fingerprint density at radius 1 is 1.00 bits per heavy atom. The van der Waals surface area contributed by atoms with Crippen LogP contribution in [0.2, 0.25) is 0 Å². The van der Waals surface area contributed by atoms with E-state index in [0.717, 1.165) is 42.5 Å². The molecule has 3 heterocycles. The first kappa shape index (κ1) is 25.5. The van der Waals surface area contributed by atoms with E-state index >= 15 is 0 Å². The van der Waals surface area contributed by atoms with Crippen LogP contribution < -0.4 is 25.8 Å². The van der Waals surface area contributed by atoms with Crippen LogP contribution in [0.25, 0.3) is 0 Å². The molecule has 8 nitrogen and oxygen atoms in total. The number of nitrogens with zero attached hydrogens (tertiary/aromatic N) is 3. The summed E-state index contributed by atoms with van der Waals surface area (Å²) in [6.45, 7) is 1.39. The zero-order valence-electron chi connectivity index (χ0n) is 22.5. The van der Waals surface area contributed by atoms with Crippen molar-refractivity contribution in [3.8, 4) is 5.75 Å². The van der Waals surface area contributed by atoms with Gasteiger partial charge in [0.15, 0.2) is 0 Å².